The molecule has 192 valence electrons. The van der Waals surface area contributed by atoms with Crippen LogP contribution in [0.5, 0.6) is 5.75 Å². The maximum absolute atomic E-state index is 13.7. The molecule has 2 rings (SSSR count). The summed E-state index contributed by atoms with van der Waals surface area (Å²) < 4.78 is 31.8. The van der Waals surface area contributed by atoms with Crippen LogP contribution in [0.15, 0.2) is 42.5 Å². The number of rotatable bonds is 11. The van der Waals surface area contributed by atoms with Gasteiger partial charge in [-0.1, -0.05) is 36.7 Å². The van der Waals surface area contributed by atoms with Gasteiger partial charge in [-0.05, 0) is 62.6 Å². The lowest BCUT2D eigenvalue weighted by Gasteiger charge is -2.33. The van der Waals surface area contributed by atoms with Crippen LogP contribution in [0.1, 0.15) is 38.3 Å². The van der Waals surface area contributed by atoms with Crippen LogP contribution in [0.2, 0.25) is 5.02 Å². The highest BCUT2D eigenvalue weighted by atomic mass is 35.5. The van der Waals surface area contributed by atoms with Gasteiger partial charge < -0.3 is 15.0 Å². The minimum absolute atomic E-state index is 0.103. The van der Waals surface area contributed by atoms with E-state index in [2.05, 4.69) is 5.32 Å². The summed E-state index contributed by atoms with van der Waals surface area (Å²) in [5.41, 5.74) is 1.71. The van der Waals surface area contributed by atoms with Gasteiger partial charge in [-0.15, -0.1) is 0 Å². The van der Waals surface area contributed by atoms with Crippen molar-refractivity contribution < 1.29 is 22.7 Å². The smallest absolute Gasteiger partial charge is 0.244 e. The molecule has 0 heterocycles. The topological polar surface area (TPSA) is 96.0 Å². The summed E-state index contributed by atoms with van der Waals surface area (Å²) in [6.07, 6.45) is 1.39. The first kappa shape index (κ1) is 28.5. The van der Waals surface area contributed by atoms with Gasteiger partial charge in [0, 0.05) is 17.6 Å². The van der Waals surface area contributed by atoms with Crippen LogP contribution in [0.3, 0.4) is 0 Å². The molecule has 2 aromatic rings. The number of benzene rings is 2. The van der Waals surface area contributed by atoms with Crippen molar-refractivity contribution in [3.8, 4) is 5.75 Å². The van der Waals surface area contributed by atoms with E-state index in [0.717, 1.165) is 16.1 Å². The van der Waals surface area contributed by atoms with Crippen LogP contribution in [-0.2, 0) is 26.2 Å². The van der Waals surface area contributed by atoms with Crippen molar-refractivity contribution in [1.29, 1.82) is 0 Å². The largest absolute Gasteiger partial charge is 0.497 e. The first-order valence-electron chi connectivity index (χ1n) is 11.3. The summed E-state index contributed by atoms with van der Waals surface area (Å²) in [6, 6.07) is 11.1. The SMILES string of the molecule is CC[C@@H](C(=O)NC(C)C)N(Cc1cccc(OC)c1)C(=O)CN(c1cc(Cl)ccc1C)S(C)(=O)=O. The van der Waals surface area contributed by atoms with Crippen LogP contribution in [0.25, 0.3) is 0 Å². The van der Waals surface area contributed by atoms with E-state index in [-0.39, 0.29) is 18.5 Å². The third-order valence-corrected chi connectivity index (χ3v) is 6.78. The normalized spacial score (nSPS) is 12.2. The van der Waals surface area contributed by atoms with Crippen LogP contribution < -0.4 is 14.4 Å². The van der Waals surface area contributed by atoms with Gasteiger partial charge in [0.15, 0.2) is 0 Å². The van der Waals surface area contributed by atoms with Crippen LogP contribution in [-0.4, -0.2) is 57.1 Å². The zero-order valence-electron chi connectivity index (χ0n) is 21.0. The molecule has 0 saturated heterocycles. The molecular weight excluding hydrogens is 490 g/mol. The van der Waals surface area contributed by atoms with Gasteiger partial charge in [0.1, 0.15) is 18.3 Å². The van der Waals surface area contributed by atoms with E-state index in [1.807, 2.05) is 26.8 Å². The second kappa shape index (κ2) is 12.3. The quantitative estimate of drug-likeness (QED) is 0.484. The first-order valence-corrected chi connectivity index (χ1v) is 13.6. The Morgan fingerprint density at radius 3 is 2.40 bits per heavy atom. The fourth-order valence-electron chi connectivity index (χ4n) is 3.71. The Morgan fingerprint density at radius 1 is 1.14 bits per heavy atom. The second-order valence-corrected chi connectivity index (χ2v) is 11.0. The zero-order valence-corrected chi connectivity index (χ0v) is 22.6. The maximum atomic E-state index is 13.7. The zero-order chi connectivity index (χ0) is 26.3. The van der Waals surface area contributed by atoms with E-state index in [0.29, 0.717) is 28.4 Å². The number of nitrogens with zero attached hydrogens (tertiary/aromatic N) is 2. The summed E-state index contributed by atoms with van der Waals surface area (Å²) in [5, 5.41) is 3.21. The summed E-state index contributed by atoms with van der Waals surface area (Å²) in [5.74, 6) is -0.200. The average molecular weight is 524 g/mol. The second-order valence-electron chi connectivity index (χ2n) is 8.66. The molecule has 2 aromatic carbocycles. The number of methoxy groups -OCH3 is 1. The molecule has 0 saturated carbocycles. The number of anilines is 1. The fourth-order valence-corrected chi connectivity index (χ4v) is 4.78. The van der Waals surface area contributed by atoms with Gasteiger partial charge in [0.25, 0.3) is 0 Å². The number of ether oxygens (including phenoxy) is 1. The lowest BCUT2D eigenvalue weighted by molar-refractivity contribution is -0.140. The Hall–Kier alpha value is -2.78. The molecule has 0 aliphatic rings. The summed E-state index contributed by atoms with van der Waals surface area (Å²) in [4.78, 5) is 28.1. The van der Waals surface area contributed by atoms with Gasteiger partial charge in [-0.2, -0.15) is 0 Å². The van der Waals surface area contributed by atoms with Crippen molar-refractivity contribution in [2.75, 3.05) is 24.2 Å². The van der Waals surface area contributed by atoms with Crippen molar-refractivity contribution in [3.63, 3.8) is 0 Å². The molecule has 1 N–H and O–H groups in total. The molecule has 2 amide bonds. The molecule has 0 aliphatic heterocycles. The Labute approximate surface area is 213 Å². The number of nitrogens with one attached hydrogen (secondary N) is 1. The molecular formula is C25H34ClN3O5S. The lowest BCUT2D eigenvalue weighted by Crippen LogP contribution is -2.53. The van der Waals surface area contributed by atoms with Crippen molar-refractivity contribution in [2.45, 2.75) is 52.7 Å². The highest BCUT2D eigenvalue weighted by molar-refractivity contribution is 7.92. The molecule has 1 atom stereocenters. The summed E-state index contributed by atoms with van der Waals surface area (Å²) in [7, 11) is -2.29. The highest BCUT2D eigenvalue weighted by Crippen LogP contribution is 2.27. The van der Waals surface area contributed by atoms with Crippen molar-refractivity contribution >= 4 is 39.1 Å². The minimum atomic E-state index is -3.83. The van der Waals surface area contributed by atoms with Gasteiger partial charge in [-0.3, -0.25) is 13.9 Å². The number of hydrogen-bond donors (Lipinski definition) is 1. The predicted octanol–water partition coefficient (Wildman–Crippen LogP) is 3.76. The molecule has 0 aromatic heterocycles. The Balaban J connectivity index is 2.50. The van der Waals surface area contributed by atoms with E-state index < -0.39 is 28.5 Å². The van der Waals surface area contributed by atoms with Crippen molar-refractivity contribution in [3.05, 3.63) is 58.6 Å². The number of sulfonamides is 1. The molecule has 10 heteroatoms. The standard InChI is InChI=1S/C25H34ClN3O5S/c1-7-22(25(31)27-17(2)3)28(15-19-9-8-10-21(13-19)34-5)24(30)16-29(35(6,32)33)23-14-20(26)12-11-18(23)4/h8-14,17,22H,7,15-16H2,1-6H3,(H,27,31)/t22-/m0/s1. The van der Waals surface area contributed by atoms with Gasteiger partial charge in [0.2, 0.25) is 21.8 Å². The van der Waals surface area contributed by atoms with E-state index in [1.54, 1.807) is 44.4 Å². The lowest BCUT2D eigenvalue weighted by atomic mass is 10.1. The molecule has 8 nitrogen and oxygen atoms in total. The third kappa shape index (κ3) is 7.86. The molecule has 0 bridgehead atoms. The van der Waals surface area contributed by atoms with Gasteiger partial charge >= 0.3 is 0 Å². The number of carbonyl (C=O) groups excluding carboxylic acids is 2. The summed E-state index contributed by atoms with van der Waals surface area (Å²) >= 11 is 6.13. The van der Waals surface area contributed by atoms with Crippen molar-refractivity contribution in [2.24, 2.45) is 0 Å². The Morgan fingerprint density at radius 2 is 1.83 bits per heavy atom. The Bertz CT molecular complexity index is 1150. The molecule has 0 aliphatic carbocycles. The number of halogens is 1. The molecule has 0 fully saturated rings. The number of carbonyl (C=O) groups is 2. The molecule has 35 heavy (non-hydrogen) atoms. The minimum Gasteiger partial charge on any atom is -0.497 e. The van der Waals surface area contributed by atoms with Gasteiger partial charge in [-0.25, -0.2) is 8.42 Å². The van der Waals surface area contributed by atoms with E-state index in [1.165, 1.54) is 11.0 Å². The first-order chi connectivity index (χ1) is 16.4. The predicted molar refractivity (Wildman–Crippen MR) is 139 cm³/mol. The number of aryl methyl sites for hydroxylation is 1. The molecule has 0 unspecified atom stereocenters. The molecule has 0 spiro atoms. The Kier molecular flexibility index (Phi) is 9.97. The van der Waals surface area contributed by atoms with Crippen LogP contribution in [0.4, 0.5) is 5.69 Å². The molecule has 0 radical (unpaired) electrons. The highest BCUT2D eigenvalue weighted by Gasteiger charge is 2.32. The van der Waals surface area contributed by atoms with E-state index in [4.69, 9.17) is 16.3 Å². The van der Waals surface area contributed by atoms with E-state index >= 15 is 0 Å². The van der Waals surface area contributed by atoms with Gasteiger partial charge in [0.05, 0.1) is 19.1 Å². The van der Waals surface area contributed by atoms with Crippen molar-refractivity contribution in [1.82, 2.24) is 10.2 Å². The van der Waals surface area contributed by atoms with Crippen LogP contribution >= 0.6 is 11.6 Å². The summed E-state index contributed by atoms with van der Waals surface area (Å²) in [6.45, 7) is 6.86. The third-order valence-electron chi connectivity index (χ3n) is 5.42. The number of hydrogen-bond acceptors (Lipinski definition) is 5. The van der Waals surface area contributed by atoms with E-state index in [9.17, 15) is 18.0 Å². The average Bonchev–Trinajstić information content (AvgIpc) is 2.77. The fraction of sp³-hybridized carbons (Fsp3) is 0.440. The number of amides is 2. The van der Waals surface area contributed by atoms with Crippen LogP contribution in [0, 0.1) is 6.92 Å². The monoisotopic (exact) mass is 523 g/mol. The maximum Gasteiger partial charge on any atom is 0.244 e.